The molecular weight excluding hydrogens is 664 g/mol. The molecule has 6 heteroatoms. The molecule has 0 saturated heterocycles. The van der Waals surface area contributed by atoms with Crippen LogP contribution in [0.1, 0.15) is 117 Å². The minimum Gasteiger partial charge on any atom is -0.491 e. The Bertz CT molecular complexity index is 540. The van der Waals surface area contributed by atoms with Gasteiger partial charge in [0.1, 0.15) is 11.5 Å². The van der Waals surface area contributed by atoms with Crippen LogP contribution in [0.2, 0.25) is 0 Å². The molecular formula is C26H42Br4O2. The summed E-state index contributed by atoms with van der Waals surface area (Å²) in [5, 5.41) is 0. The Kier molecular flexibility index (Phi) is 19.2. The molecule has 0 saturated carbocycles. The zero-order valence-electron chi connectivity index (χ0n) is 20.1. The second kappa shape index (κ2) is 20.0. The highest BCUT2D eigenvalue weighted by molar-refractivity contribution is 9.14. The van der Waals surface area contributed by atoms with Crippen molar-refractivity contribution in [1.82, 2.24) is 0 Å². The maximum Gasteiger partial charge on any atom is 0.150 e. The topological polar surface area (TPSA) is 18.5 Å². The van der Waals surface area contributed by atoms with Crippen LogP contribution in [-0.2, 0) is 0 Å². The van der Waals surface area contributed by atoms with Gasteiger partial charge in [0, 0.05) is 0 Å². The SMILES string of the molecule is CCCCCCCCCCOc1c(Br)c(Br)c(OCCCCCCCCCC)c(Br)c1Br. The predicted molar refractivity (Wildman–Crippen MR) is 153 cm³/mol. The number of halogens is 4. The fourth-order valence-corrected chi connectivity index (χ4v) is 6.17. The van der Waals surface area contributed by atoms with Crippen LogP contribution in [0.5, 0.6) is 11.5 Å². The van der Waals surface area contributed by atoms with Gasteiger partial charge < -0.3 is 9.47 Å². The third-order valence-corrected chi connectivity index (χ3v) is 9.76. The van der Waals surface area contributed by atoms with Crippen molar-refractivity contribution in [2.75, 3.05) is 13.2 Å². The number of unbranched alkanes of at least 4 members (excludes halogenated alkanes) is 14. The zero-order chi connectivity index (χ0) is 23.6. The molecule has 0 amide bonds. The lowest BCUT2D eigenvalue weighted by atomic mass is 10.1. The summed E-state index contributed by atoms with van der Waals surface area (Å²) < 4.78 is 15.8. The first kappa shape index (κ1) is 30.8. The monoisotopic (exact) mass is 702 g/mol. The van der Waals surface area contributed by atoms with Crippen LogP contribution in [-0.4, -0.2) is 13.2 Å². The van der Waals surface area contributed by atoms with E-state index in [0.29, 0.717) is 0 Å². The van der Waals surface area contributed by atoms with Gasteiger partial charge in [0.15, 0.2) is 0 Å². The van der Waals surface area contributed by atoms with Gasteiger partial charge >= 0.3 is 0 Å². The molecule has 32 heavy (non-hydrogen) atoms. The summed E-state index contributed by atoms with van der Waals surface area (Å²) in [6.07, 6.45) is 20.7. The lowest BCUT2D eigenvalue weighted by molar-refractivity contribution is 0.290. The summed E-state index contributed by atoms with van der Waals surface area (Å²) in [7, 11) is 0. The van der Waals surface area contributed by atoms with E-state index in [1.165, 1.54) is 89.9 Å². The summed E-state index contributed by atoms with van der Waals surface area (Å²) >= 11 is 14.8. The predicted octanol–water partition coefficient (Wildman–Crippen LogP) is 11.8. The van der Waals surface area contributed by atoms with E-state index < -0.39 is 0 Å². The van der Waals surface area contributed by atoms with Gasteiger partial charge in [0.2, 0.25) is 0 Å². The normalized spacial score (nSPS) is 11.2. The molecule has 1 aromatic rings. The molecule has 186 valence electrons. The minimum atomic E-state index is 0.726. The highest BCUT2D eigenvalue weighted by Crippen LogP contribution is 2.50. The van der Waals surface area contributed by atoms with Gasteiger partial charge in [0.25, 0.3) is 0 Å². The molecule has 0 aliphatic heterocycles. The number of ether oxygens (including phenoxy) is 2. The van der Waals surface area contributed by atoms with Gasteiger partial charge in [-0.25, -0.2) is 0 Å². The summed E-state index contributed by atoms with van der Waals surface area (Å²) in [6.45, 7) is 5.98. The van der Waals surface area contributed by atoms with Crippen molar-refractivity contribution in [3.63, 3.8) is 0 Å². The third kappa shape index (κ3) is 12.4. The Morgan fingerprint density at radius 3 is 0.938 bits per heavy atom. The van der Waals surface area contributed by atoms with Crippen LogP contribution in [0.25, 0.3) is 0 Å². The molecule has 0 aliphatic carbocycles. The van der Waals surface area contributed by atoms with Crippen molar-refractivity contribution in [3.8, 4) is 11.5 Å². The van der Waals surface area contributed by atoms with Crippen LogP contribution in [0.15, 0.2) is 17.9 Å². The van der Waals surface area contributed by atoms with Crippen molar-refractivity contribution in [1.29, 1.82) is 0 Å². The van der Waals surface area contributed by atoms with Gasteiger partial charge in [-0.1, -0.05) is 104 Å². The van der Waals surface area contributed by atoms with E-state index in [2.05, 4.69) is 77.6 Å². The highest BCUT2D eigenvalue weighted by atomic mass is 79.9. The zero-order valence-corrected chi connectivity index (χ0v) is 26.4. The number of rotatable bonds is 20. The first-order valence-corrected chi connectivity index (χ1v) is 15.8. The molecule has 0 aliphatic rings. The van der Waals surface area contributed by atoms with Crippen molar-refractivity contribution >= 4 is 63.7 Å². The first-order valence-electron chi connectivity index (χ1n) is 12.7. The van der Waals surface area contributed by atoms with Crippen molar-refractivity contribution in [2.24, 2.45) is 0 Å². The van der Waals surface area contributed by atoms with Gasteiger partial charge in [0.05, 0.1) is 31.1 Å². The van der Waals surface area contributed by atoms with Crippen LogP contribution in [0.4, 0.5) is 0 Å². The Hall–Kier alpha value is 0.740. The van der Waals surface area contributed by atoms with Crippen molar-refractivity contribution in [2.45, 2.75) is 117 Å². The Labute approximate surface area is 230 Å². The van der Waals surface area contributed by atoms with Gasteiger partial charge in [-0.15, -0.1) is 0 Å². The molecule has 1 rings (SSSR count). The first-order chi connectivity index (χ1) is 15.5. The minimum absolute atomic E-state index is 0.726. The quantitative estimate of drug-likeness (QED) is 0.0993. The molecule has 0 unspecified atom stereocenters. The molecule has 1 aromatic carbocycles. The van der Waals surface area contributed by atoms with E-state index in [1.807, 2.05) is 0 Å². The molecule has 0 radical (unpaired) electrons. The lowest BCUT2D eigenvalue weighted by Gasteiger charge is -2.18. The van der Waals surface area contributed by atoms with E-state index in [-0.39, 0.29) is 0 Å². The average molecular weight is 706 g/mol. The summed E-state index contributed by atoms with van der Waals surface area (Å²) in [6, 6.07) is 0. The summed E-state index contributed by atoms with van der Waals surface area (Å²) in [4.78, 5) is 0. The van der Waals surface area contributed by atoms with Gasteiger partial charge in [-0.2, -0.15) is 0 Å². The van der Waals surface area contributed by atoms with Crippen molar-refractivity contribution < 1.29 is 9.47 Å². The van der Waals surface area contributed by atoms with Crippen LogP contribution in [0, 0.1) is 0 Å². The van der Waals surface area contributed by atoms with Crippen molar-refractivity contribution in [3.05, 3.63) is 17.9 Å². The number of hydrogen-bond donors (Lipinski definition) is 0. The third-order valence-electron chi connectivity index (χ3n) is 5.67. The molecule has 2 nitrogen and oxygen atoms in total. The summed E-state index contributed by atoms with van der Waals surface area (Å²) in [5.41, 5.74) is 0. The Morgan fingerprint density at radius 2 is 0.656 bits per heavy atom. The highest BCUT2D eigenvalue weighted by Gasteiger charge is 2.21. The van der Waals surface area contributed by atoms with E-state index >= 15 is 0 Å². The lowest BCUT2D eigenvalue weighted by Crippen LogP contribution is -2.03. The average Bonchev–Trinajstić information content (AvgIpc) is 2.79. The van der Waals surface area contributed by atoms with E-state index in [0.717, 1.165) is 55.4 Å². The molecule has 0 N–H and O–H groups in total. The number of hydrogen-bond acceptors (Lipinski definition) is 2. The van der Waals surface area contributed by atoms with Crippen LogP contribution >= 0.6 is 63.7 Å². The molecule has 0 spiro atoms. The second-order valence-corrected chi connectivity index (χ2v) is 11.7. The maximum absolute atomic E-state index is 6.12. The van der Waals surface area contributed by atoms with Crippen LogP contribution < -0.4 is 9.47 Å². The van der Waals surface area contributed by atoms with Gasteiger partial charge in [-0.3, -0.25) is 0 Å². The van der Waals surface area contributed by atoms with Gasteiger partial charge in [-0.05, 0) is 76.6 Å². The second-order valence-electron chi connectivity index (χ2n) is 8.56. The fraction of sp³-hybridized carbons (Fsp3) is 0.769. The van der Waals surface area contributed by atoms with E-state index in [9.17, 15) is 0 Å². The maximum atomic E-state index is 6.12. The Morgan fingerprint density at radius 1 is 0.406 bits per heavy atom. The molecule has 0 bridgehead atoms. The molecule has 0 heterocycles. The van der Waals surface area contributed by atoms with Crippen LogP contribution in [0.3, 0.4) is 0 Å². The summed E-state index contributed by atoms with van der Waals surface area (Å²) in [5.74, 6) is 1.65. The smallest absolute Gasteiger partial charge is 0.150 e. The standard InChI is InChI=1S/C26H42Br4O2/c1-3-5-7-9-11-13-15-17-19-31-25-21(27)23(29)26(24(30)22(25)28)32-20-18-16-14-12-10-8-6-4-2/h3-20H2,1-2H3. The molecule has 0 atom stereocenters. The number of benzene rings is 1. The fourth-order valence-electron chi connectivity index (χ4n) is 3.67. The van der Waals surface area contributed by atoms with E-state index in [1.54, 1.807) is 0 Å². The molecule has 0 fully saturated rings. The van der Waals surface area contributed by atoms with E-state index in [4.69, 9.17) is 9.47 Å². The molecule has 0 aromatic heterocycles. The largest absolute Gasteiger partial charge is 0.491 e. The Balaban J connectivity index is 2.37.